The zero-order valence-corrected chi connectivity index (χ0v) is 8.75. The summed E-state index contributed by atoms with van der Waals surface area (Å²) >= 11 is 5.75. The monoisotopic (exact) mass is 199 g/mol. The van der Waals surface area contributed by atoms with Gasteiger partial charge in [-0.15, -0.1) is 11.6 Å². The molecule has 0 radical (unpaired) electrons. The molecule has 0 aromatic heterocycles. The molecule has 0 heterocycles. The van der Waals surface area contributed by atoms with Crippen molar-refractivity contribution in [2.24, 2.45) is 0 Å². The molecule has 0 amide bonds. The summed E-state index contributed by atoms with van der Waals surface area (Å²) < 4.78 is 24.0. The lowest BCUT2D eigenvalue weighted by Crippen LogP contribution is -2.48. The Morgan fingerprint density at radius 1 is 1.45 bits per heavy atom. The van der Waals surface area contributed by atoms with Crippen LogP contribution in [0.2, 0.25) is 0 Å². The number of sulfonamides is 1. The van der Waals surface area contributed by atoms with E-state index in [1.165, 1.54) is 0 Å². The molecule has 68 valence electrons. The van der Waals surface area contributed by atoms with Gasteiger partial charge < -0.3 is 0 Å². The quantitative estimate of drug-likeness (QED) is 0.688. The van der Waals surface area contributed by atoms with Crippen LogP contribution in [0.5, 0.6) is 0 Å². The van der Waals surface area contributed by atoms with Crippen molar-refractivity contribution in [3.05, 3.63) is 0 Å². The molecule has 0 aromatic carbocycles. The predicted octanol–water partition coefficient (Wildman–Crippen LogP) is 0.942. The van der Waals surface area contributed by atoms with Crippen LogP contribution in [0.15, 0.2) is 0 Å². The molecule has 0 fully saturated rings. The minimum atomic E-state index is -3.16. The molecule has 3 nitrogen and oxygen atoms in total. The molecule has 1 unspecified atom stereocenters. The highest BCUT2D eigenvalue weighted by molar-refractivity contribution is 7.88. The van der Waals surface area contributed by atoms with Gasteiger partial charge in [0.1, 0.15) is 0 Å². The first-order valence-corrected chi connectivity index (χ1v) is 5.61. The van der Waals surface area contributed by atoms with Crippen LogP contribution in [-0.4, -0.2) is 25.6 Å². The van der Waals surface area contributed by atoms with Gasteiger partial charge in [-0.05, 0) is 20.8 Å². The van der Waals surface area contributed by atoms with Gasteiger partial charge in [0.25, 0.3) is 0 Å². The van der Waals surface area contributed by atoms with Crippen molar-refractivity contribution in [3.63, 3.8) is 0 Å². The Hall–Kier alpha value is 0.200. The van der Waals surface area contributed by atoms with Crippen LogP contribution >= 0.6 is 11.6 Å². The minimum absolute atomic E-state index is 0.239. The van der Waals surface area contributed by atoms with Gasteiger partial charge in [-0.3, -0.25) is 0 Å². The van der Waals surface area contributed by atoms with Crippen molar-refractivity contribution < 1.29 is 8.42 Å². The number of alkyl halides is 1. The summed E-state index contributed by atoms with van der Waals surface area (Å²) in [4.78, 5) is 0. The summed E-state index contributed by atoms with van der Waals surface area (Å²) in [6.45, 7) is 5.23. The minimum Gasteiger partial charge on any atom is -0.213 e. The molecule has 0 aliphatic heterocycles. The SMILES string of the molecule is CC(Cl)C(C)(C)NS(C)(=O)=O. The third-order valence-electron chi connectivity index (χ3n) is 1.44. The van der Waals surface area contributed by atoms with Gasteiger partial charge in [-0.2, -0.15) is 0 Å². The van der Waals surface area contributed by atoms with E-state index in [1.807, 2.05) is 0 Å². The van der Waals surface area contributed by atoms with Crippen LogP contribution < -0.4 is 4.72 Å². The Labute approximate surface area is 73.2 Å². The normalized spacial score (nSPS) is 16.5. The molecule has 5 heteroatoms. The molecule has 1 N–H and O–H groups in total. The van der Waals surface area contributed by atoms with Crippen LogP contribution in [-0.2, 0) is 10.0 Å². The van der Waals surface area contributed by atoms with Crippen LogP contribution in [0.3, 0.4) is 0 Å². The fraction of sp³-hybridized carbons (Fsp3) is 1.00. The Kier molecular flexibility index (Phi) is 3.35. The van der Waals surface area contributed by atoms with Crippen LogP contribution in [0.4, 0.5) is 0 Å². The molecule has 1 atom stereocenters. The van der Waals surface area contributed by atoms with E-state index in [0.717, 1.165) is 6.26 Å². The number of halogens is 1. The highest BCUT2D eigenvalue weighted by Gasteiger charge is 2.27. The molecule has 0 saturated carbocycles. The largest absolute Gasteiger partial charge is 0.213 e. The molecule has 0 bridgehead atoms. The van der Waals surface area contributed by atoms with Gasteiger partial charge in [0.2, 0.25) is 10.0 Å². The molecule has 0 saturated heterocycles. The summed E-state index contributed by atoms with van der Waals surface area (Å²) in [6.07, 6.45) is 1.12. The second kappa shape index (κ2) is 3.29. The molecule has 0 rings (SSSR count). The van der Waals surface area contributed by atoms with Crippen LogP contribution in [0.25, 0.3) is 0 Å². The maximum atomic E-state index is 10.8. The van der Waals surface area contributed by atoms with Crippen molar-refractivity contribution in [3.8, 4) is 0 Å². The smallest absolute Gasteiger partial charge is 0.209 e. The summed E-state index contributed by atoms with van der Waals surface area (Å²) in [5.41, 5.74) is -0.588. The molecule has 0 aliphatic carbocycles. The summed E-state index contributed by atoms with van der Waals surface area (Å²) in [5, 5.41) is -0.239. The maximum absolute atomic E-state index is 10.8. The fourth-order valence-corrected chi connectivity index (χ4v) is 1.81. The van der Waals surface area contributed by atoms with Crippen molar-refractivity contribution in [1.29, 1.82) is 0 Å². The van der Waals surface area contributed by atoms with Crippen LogP contribution in [0, 0.1) is 0 Å². The molecule has 0 spiro atoms. The van der Waals surface area contributed by atoms with E-state index < -0.39 is 15.6 Å². The van der Waals surface area contributed by atoms with Crippen molar-refractivity contribution in [1.82, 2.24) is 4.72 Å². The molecule has 0 aliphatic rings. The summed E-state index contributed by atoms with van der Waals surface area (Å²) in [6, 6.07) is 0. The van der Waals surface area contributed by atoms with Gasteiger partial charge in [0, 0.05) is 10.9 Å². The van der Waals surface area contributed by atoms with Crippen molar-refractivity contribution in [2.75, 3.05) is 6.26 Å². The standard InChI is InChI=1S/C6H14ClNO2S/c1-5(7)6(2,3)8-11(4,9)10/h5,8H,1-4H3. The van der Waals surface area contributed by atoms with Gasteiger partial charge in [0.15, 0.2) is 0 Å². The van der Waals surface area contributed by atoms with Gasteiger partial charge in [-0.25, -0.2) is 13.1 Å². The lowest BCUT2D eigenvalue weighted by atomic mass is 10.0. The number of hydrogen-bond acceptors (Lipinski definition) is 2. The van der Waals surface area contributed by atoms with Crippen molar-refractivity contribution >= 4 is 21.6 Å². The number of rotatable bonds is 3. The Morgan fingerprint density at radius 3 is 1.91 bits per heavy atom. The van der Waals surface area contributed by atoms with E-state index in [9.17, 15) is 8.42 Å². The molecular weight excluding hydrogens is 186 g/mol. The van der Waals surface area contributed by atoms with Gasteiger partial charge in [0.05, 0.1) is 6.26 Å². The van der Waals surface area contributed by atoms with Crippen LogP contribution in [0.1, 0.15) is 20.8 Å². The first kappa shape index (κ1) is 11.2. The zero-order chi connectivity index (χ0) is 9.28. The highest BCUT2D eigenvalue weighted by Crippen LogP contribution is 2.15. The van der Waals surface area contributed by atoms with E-state index in [0.29, 0.717) is 0 Å². The van der Waals surface area contributed by atoms with E-state index in [-0.39, 0.29) is 5.38 Å². The first-order valence-electron chi connectivity index (χ1n) is 3.28. The Morgan fingerprint density at radius 2 is 1.82 bits per heavy atom. The highest BCUT2D eigenvalue weighted by atomic mass is 35.5. The second-order valence-electron chi connectivity index (χ2n) is 3.21. The number of nitrogens with one attached hydrogen (secondary N) is 1. The van der Waals surface area contributed by atoms with E-state index in [4.69, 9.17) is 11.6 Å². The van der Waals surface area contributed by atoms with E-state index in [1.54, 1.807) is 20.8 Å². The van der Waals surface area contributed by atoms with E-state index in [2.05, 4.69) is 4.72 Å². The second-order valence-corrected chi connectivity index (χ2v) is 5.62. The average Bonchev–Trinajstić information content (AvgIpc) is 1.56. The maximum Gasteiger partial charge on any atom is 0.209 e. The molecule has 0 aromatic rings. The van der Waals surface area contributed by atoms with E-state index >= 15 is 0 Å². The zero-order valence-electron chi connectivity index (χ0n) is 7.18. The number of hydrogen-bond donors (Lipinski definition) is 1. The Bertz CT molecular complexity index is 221. The fourth-order valence-electron chi connectivity index (χ4n) is 0.559. The predicted molar refractivity (Wildman–Crippen MR) is 47.4 cm³/mol. The Balaban J connectivity index is 4.38. The lowest BCUT2D eigenvalue weighted by Gasteiger charge is -2.27. The van der Waals surface area contributed by atoms with Gasteiger partial charge in [-0.1, -0.05) is 0 Å². The molecular formula is C6H14ClNO2S. The summed E-state index contributed by atoms with van der Waals surface area (Å²) in [7, 11) is -3.16. The van der Waals surface area contributed by atoms with Gasteiger partial charge >= 0.3 is 0 Å². The lowest BCUT2D eigenvalue weighted by molar-refractivity contribution is 0.447. The molecule has 11 heavy (non-hydrogen) atoms. The third kappa shape index (κ3) is 4.61. The summed E-state index contributed by atoms with van der Waals surface area (Å²) in [5.74, 6) is 0. The topological polar surface area (TPSA) is 46.2 Å². The first-order chi connectivity index (χ1) is 4.65. The average molecular weight is 200 g/mol. The van der Waals surface area contributed by atoms with Crippen molar-refractivity contribution in [2.45, 2.75) is 31.7 Å². The third-order valence-corrected chi connectivity index (χ3v) is 2.89.